The lowest BCUT2D eigenvalue weighted by Crippen LogP contribution is -2.38. The smallest absolute Gasteiger partial charge is 0.193 e. The van der Waals surface area contributed by atoms with Crippen molar-refractivity contribution >= 4 is 35.6 Å². The Hall–Kier alpha value is -1.84. The SMILES string of the molecule is I.NC(=NCc1ccccc1OCCN1CCOCC1)Nc1ccccc1. The zero-order chi connectivity index (χ0) is 18.0. The first-order valence-electron chi connectivity index (χ1n) is 8.94. The summed E-state index contributed by atoms with van der Waals surface area (Å²) in [6.45, 7) is 5.57. The highest BCUT2D eigenvalue weighted by molar-refractivity contribution is 14.0. The van der Waals surface area contributed by atoms with Gasteiger partial charge in [0, 0.05) is 30.9 Å². The van der Waals surface area contributed by atoms with Crippen molar-refractivity contribution in [2.45, 2.75) is 6.54 Å². The summed E-state index contributed by atoms with van der Waals surface area (Å²) >= 11 is 0. The highest BCUT2D eigenvalue weighted by atomic mass is 127. The van der Waals surface area contributed by atoms with E-state index in [4.69, 9.17) is 15.2 Å². The van der Waals surface area contributed by atoms with E-state index in [1.54, 1.807) is 0 Å². The lowest BCUT2D eigenvalue weighted by atomic mass is 10.2. The second kappa shape index (κ2) is 11.8. The fourth-order valence-electron chi connectivity index (χ4n) is 2.76. The van der Waals surface area contributed by atoms with E-state index >= 15 is 0 Å². The Morgan fingerprint density at radius 1 is 1.07 bits per heavy atom. The molecule has 0 aromatic heterocycles. The maximum Gasteiger partial charge on any atom is 0.193 e. The van der Waals surface area contributed by atoms with Crippen molar-refractivity contribution in [3.05, 3.63) is 60.2 Å². The number of ether oxygens (including phenoxy) is 2. The van der Waals surface area contributed by atoms with E-state index in [-0.39, 0.29) is 24.0 Å². The van der Waals surface area contributed by atoms with Gasteiger partial charge in [0.05, 0.1) is 19.8 Å². The lowest BCUT2D eigenvalue weighted by molar-refractivity contribution is 0.0322. The molecule has 3 rings (SSSR count). The van der Waals surface area contributed by atoms with E-state index in [2.05, 4.69) is 15.2 Å². The number of hydrogen-bond donors (Lipinski definition) is 2. The normalized spacial score (nSPS) is 15.0. The van der Waals surface area contributed by atoms with E-state index < -0.39 is 0 Å². The molecule has 0 atom stereocenters. The van der Waals surface area contributed by atoms with Crippen LogP contribution in [-0.4, -0.2) is 50.3 Å². The van der Waals surface area contributed by atoms with Crippen LogP contribution in [-0.2, 0) is 11.3 Å². The highest BCUT2D eigenvalue weighted by Gasteiger charge is 2.10. The van der Waals surface area contributed by atoms with Crippen LogP contribution in [0.4, 0.5) is 5.69 Å². The number of nitrogens with two attached hydrogens (primary N) is 1. The van der Waals surface area contributed by atoms with Crippen LogP contribution in [0.5, 0.6) is 5.75 Å². The molecule has 2 aromatic carbocycles. The summed E-state index contributed by atoms with van der Waals surface area (Å²) in [6.07, 6.45) is 0. The van der Waals surface area contributed by atoms with E-state index in [0.717, 1.165) is 49.8 Å². The van der Waals surface area contributed by atoms with Crippen LogP contribution in [0.25, 0.3) is 0 Å². The molecule has 146 valence electrons. The van der Waals surface area contributed by atoms with Gasteiger partial charge >= 0.3 is 0 Å². The molecular weight excluding hydrogens is 455 g/mol. The number of para-hydroxylation sites is 2. The maximum absolute atomic E-state index is 5.98. The standard InChI is InChI=1S/C20H26N4O2.HI/c21-20(23-18-7-2-1-3-8-18)22-16-17-6-4-5-9-19(17)26-15-12-24-10-13-25-14-11-24;/h1-9H,10-16H2,(H3,21,22,23);1H. The number of anilines is 1. The second-order valence-corrected chi connectivity index (χ2v) is 6.10. The molecule has 27 heavy (non-hydrogen) atoms. The fourth-order valence-corrected chi connectivity index (χ4v) is 2.76. The molecule has 1 aliphatic heterocycles. The van der Waals surface area contributed by atoms with Crippen LogP contribution in [0.2, 0.25) is 0 Å². The van der Waals surface area contributed by atoms with E-state index in [0.29, 0.717) is 19.1 Å². The van der Waals surface area contributed by atoms with Gasteiger partial charge < -0.3 is 20.5 Å². The van der Waals surface area contributed by atoms with Gasteiger partial charge in [-0.3, -0.25) is 4.90 Å². The molecule has 0 aliphatic carbocycles. The Labute approximate surface area is 177 Å². The Bertz CT molecular complexity index is 706. The van der Waals surface area contributed by atoms with Crippen molar-refractivity contribution in [3.8, 4) is 5.75 Å². The summed E-state index contributed by atoms with van der Waals surface area (Å²) < 4.78 is 11.3. The minimum atomic E-state index is 0. The van der Waals surface area contributed by atoms with E-state index in [9.17, 15) is 0 Å². The van der Waals surface area contributed by atoms with E-state index in [1.807, 2.05) is 54.6 Å². The van der Waals surface area contributed by atoms with Gasteiger partial charge in [-0.15, -0.1) is 24.0 Å². The molecule has 0 spiro atoms. The molecule has 7 heteroatoms. The molecule has 0 amide bonds. The Kier molecular flexibility index (Phi) is 9.37. The van der Waals surface area contributed by atoms with Crippen LogP contribution in [0.3, 0.4) is 0 Å². The van der Waals surface area contributed by atoms with Crippen molar-refractivity contribution < 1.29 is 9.47 Å². The van der Waals surface area contributed by atoms with Crippen LogP contribution in [0.1, 0.15) is 5.56 Å². The summed E-state index contributed by atoms with van der Waals surface area (Å²) in [6, 6.07) is 17.7. The average Bonchev–Trinajstić information content (AvgIpc) is 2.69. The summed E-state index contributed by atoms with van der Waals surface area (Å²) in [5, 5.41) is 3.09. The molecule has 0 radical (unpaired) electrons. The largest absolute Gasteiger partial charge is 0.492 e. The minimum Gasteiger partial charge on any atom is -0.492 e. The number of rotatable bonds is 7. The first-order valence-corrected chi connectivity index (χ1v) is 8.94. The molecule has 0 saturated carbocycles. The number of halogens is 1. The van der Waals surface area contributed by atoms with Gasteiger partial charge in [0.2, 0.25) is 0 Å². The van der Waals surface area contributed by atoms with Gasteiger partial charge in [-0.1, -0.05) is 36.4 Å². The third kappa shape index (κ3) is 7.36. The summed E-state index contributed by atoms with van der Waals surface area (Å²) in [4.78, 5) is 6.78. The number of benzene rings is 2. The highest BCUT2D eigenvalue weighted by Crippen LogP contribution is 2.19. The predicted octanol–water partition coefficient (Wildman–Crippen LogP) is 2.94. The monoisotopic (exact) mass is 482 g/mol. The first-order chi connectivity index (χ1) is 12.8. The van der Waals surface area contributed by atoms with Crippen LogP contribution < -0.4 is 15.8 Å². The Morgan fingerprint density at radius 2 is 1.78 bits per heavy atom. The number of morpholine rings is 1. The number of nitrogens with zero attached hydrogens (tertiary/aromatic N) is 2. The molecular formula is C20H27IN4O2. The minimum absolute atomic E-state index is 0. The zero-order valence-corrected chi connectivity index (χ0v) is 17.7. The first kappa shape index (κ1) is 21.5. The van der Waals surface area contributed by atoms with Gasteiger partial charge in [0.15, 0.2) is 5.96 Å². The van der Waals surface area contributed by atoms with Crippen molar-refractivity contribution in [3.63, 3.8) is 0 Å². The third-order valence-electron chi connectivity index (χ3n) is 4.21. The number of guanidine groups is 1. The van der Waals surface area contributed by atoms with Gasteiger partial charge in [0.1, 0.15) is 12.4 Å². The molecule has 0 unspecified atom stereocenters. The summed E-state index contributed by atoms with van der Waals surface area (Å²) in [5.74, 6) is 1.25. The van der Waals surface area contributed by atoms with Crippen LogP contribution in [0.15, 0.2) is 59.6 Å². The van der Waals surface area contributed by atoms with Crippen molar-refractivity contribution in [2.75, 3.05) is 44.8 Å². The molecule has 1 heterocycles. The van der Waals surface area contributed by atoms with Gasteiger partial charge in [0.25, 0.3) is 0 Å². The number of aliphatic imine (C=N–C) groups is 1. The average molecular weight is 482 g/mol. The Morgan fingerprint density at radius 3 is 2.56 bits per heavy atom. The predicted molar refractivity (Wildman–Crippen MR) is 120 cm³/mol. The second-order valence-electron chi connectivity index (χ2n) is 6.10. The number of hydrogen-bond acceptors (Lipinski definition) is 4. The zero-order valence-electron chi connectivity index (χ0n) is 15.3. The number of nitrogens with one attached hydrogen (secondary N) is 1. The van der Waals surface area contributed by atoms with Gasteiger partial charge in [-0.2, -0.15) is 0 Å². The molecule has 0 bridgehead atoms. The quantitative estimate of drug-likeness (QED) is 0.361. The Balaban J connectivity index is 0.00000261. The topological polar surface area (TPSA) is 72.1 Å². The van der Waals surface area contributed by atoms with Crippen LogP contribution in [0, 0.1) is 0 Å². The molecule has 6 nitrogen and oxygen atoms in total. The van der Waals surface area contributed by atoms with Gasteiger partial charge in [-0.05, 0) is 18.2 Å². The molecule has 2 aromatic rings. The molecule has 1 aliphatic rings. The molecule has 1 fully saturated rings. The summed E-state index contributed by atoms with van der Waals surface area (Å²) in [5.41, 5.74) is 7.92. The third-order valence-corrected chi connectivity index (χ3v) is 4.21. The molecule has 1 saturated heterocycles. The van der Waals surface area contributed by atoms with E-state index in [1.165, 1.54) is 0 Å². The fraction of sp³-hybridized carbons (Fsp3) is 0.350. The maximum atomic E-state index is 5.98. The lowest BCUT2D eigenvalue weighted by Gasteiger charge is -2.26. The van der Waals surface area contributed by atoms with Crippen molar-refractivity contribution in [1.29, 1.82) is 0 Å². The van der Waals surface area contributed by atoms with Crippen LogP contribution >= 0.6 is 24.0 Å². The summed E-state index contributed by atoms with van der Waals surface area (Å²) in [7, 11) is 0. The van der Waals surface area contributed by atoms with Crippen molar-refractivity contribution in [1.82, 2.24) is 4.90 Å². The molecule has 3 N–H and O–H groups in total. The van der Waals surface area contributed by atoms with Crippen molar-refractivity contribution in [2.24, 2.45) is 10.7 Å². The van der Waals surface area contributed by atoms with Gasteiger partial charge in [-0.25, -0.2) is 4.99 Å².